The molecule has 0 spiro atoms. The zero-order chi connectivity index (χ0) is 12.1. The van der Waals surface area contributed by atoms with Crippen molar-refractivity contribution < 1.29 is 4.74 Å². The monoisotopic (exact) mass is 296 g/mol. The lowest BCUT2D eigenvalue weighted by molar-refractivity contribution is -0.00511. The van der Waals surface area contributed by atoms with E-state index in [-0.39, 0.29) is 5.60 Å². The second kappa shape index (κ2) is 6.01. The number of benzene rings is 1. The molecule has 1 aliphatic heterocycles. The lowest BCUT2D eigenvalue weighted by Crippen LogP contribution is -2.33. The maximum absolute atomic E-state index is 6.14. The van der Waals surface area contributed by atoms with E-state index < -0.39 is 0 Å². The minimum Gasteiger partial charge on any atom is -0.369 e. The number of ether oxygens (including phenoxy) is 1. The van der Waals surface area contributed by atoms with Crippen molar-refractivity contribution in [3.8, 4) is 0 Å². The van der Waals surface area contributed by atoms with Crippen LogP contribution in [0.1, 0.15) is 44.6 Å². The van der Waals surface area contributed by atoms with Crippen molar-refractivity contribution in [2.75, 3.05) is 6.61 Å². The van der Waals surface area contributed by atoms with Crippen molar-refractivity contribution in [3.05, 3.63) is 35.9 Å². The topological polar surface area (TPSA) is 9.23 Å². The first-order valence-corrected chi connectivity index (χ1v) is 7.54. The highest BCUT2D eigenvalue weighted by molar-refractivity contribution is 9.09. The van der Waals surface area contributed by atoms with Crippen molar-refractivity contribution in [2.24, 2.45) is 0 Å². The van der Waals surface area contributed by atoms with Crippen LogP contribution in [0.4, 0.5) is 0 Å². The molecule has 0 amide bonds. The highest BCUT2D eigenvalue weighted by Crippen LogP contribution is 2.44. The average Bonchev–Trinajstić information content (AvgIpc) is 2.74. The van der Waals surface area contributed by atoms with Gasteiger partial charge in [0, 0.05) is 6.61 Å². The molecule has 1 aromatic rings. The molecule has 0 aromatic heterocycles. The predicted molar refractivity (Wildman–Crippen MR) is 75.5 cm³/mol. The van der Waals surface area contributed by atoms with E-state index in [1.54, 1.807) is 0 Å². The number of hydrogen-bond acceptors (Lipinski definition) is 1. The van der Waals surface area contributed by atoms with Gasteiger partial charge < -0.3 is 4.74 Å². The van der Waals surface area contributed by atoms with Crippen LogP contribution >= 0.6 is 15.9 Å². The second-order valence-electron chi connectivity index (χ2n) is 4.82. The summed E-state index contributed by atoms with van der Waals surface area (Å²) in [6.45, 7) is 3.12. The fourth-order valence-corrected chi connectivity index (χ4v) is 3.48. The van der Waals surface area contributed by atoms with Gasteiger partial charge >= 0.3 is 0 Å². The van der Waals surface area contributed by atoms with Crippen molar-refractivity contribution >= 4 is 15.9 Å². The van der Waals surface area contributed by atoms with E-state index in [0.29, 0.717) is 4.83 Å². The third kappa shape index (κ3) is 2.74. The Hall–Kier alpha value is -0.340. The van der Waals surface area contributed by atoms with Crippen molar-refractivity contribution in [2.45, 2.75) is 49.5 Å². The van der Waals surface area contributed by atoms with Crippen molar-refractivity contribution in [3.63, 3.8) is 0 Å². The fourth-order valence-electron chi connectivity index (χ4n) is 2.66. The smallest absolute Gasteiger partial charge is 0.106 e. The van der Waals surface area contributed by atoms with Gasteiger partial charge in [0.15, 0.2) is 0 Å². The quantitative estimate of drug-likeness (QED) is 0.568. The average molecular weight is 297 g/mol. The molecule has 1 fully saturated rings. The molecule has 0 aliphatic carbocycles. The van der Waals surface area contributed by atoms with Crippen LogP contribution in [-0.4, -0.2) is 11.4 Å². The normalized spacial score (nSPS) is 28.5. The van der Waals surface area contributed by atoms with E-state index in [4.69, 9.17) is 4.74 Å². The Balaban J connectivity index is 2.18. The Labute approximate surface area is 113 Å². The Bertz CT molecular complexity index is 338. The van der Waals surface area contributed by atoms with Crippen LogP contribution in [0.25, 0.3) is 0 Å². The molecule has 1 aliphatic rings. The third-order valence-electron chi connectivity index (χ3n) is 3.65. The van der Waals surface area contributed by atoms with Crippen LogP contribution in [-0.2, 0) is 10.3 Å². The van der Waals surface area contributed by atoms with Crippen LogP contribution < -0.4 is 0 Å². The van der Waals surface area contributed by atoms with Gasteiger partial charge in [-0.1, -0.05) is 72.4 Å². The summed E-state index contributed by atoms with van der Waals surface area (Å²) in [7, 11) is 0. The lowest BCUT2D eigenvalue weighted by Gasteiger charge is -2.32. The minimum absolute atomic E-state index is 0.0869. The number of alkyl halides is 1. The summed E-state index contributed by atoms with van der Waals surface area (Å²) >= 11 is 3.83. The molecule has 17 heavy (non-hydrogen) atoms. The van der Waals surface area contributed by atoms with Crippen molar-refractivity contribution in [1.82, 2.24) is 0 Å². The molecule has 2 heteroatoms. The summed E-state index contributed by atoms with van der Waals surface area (Å²) in [6.07, 6.45) is 6.03. The van der Waals surface area contributed by atoms with Crippen molar-refractivity contribution in [1.29, 1.82) is 0 Å². The number of unbranched alkanes of at least 4 members (excludes halogenated alkanes) is 2. The van der Waals surface area contributed by atoms with Gasteiger partial charge in [-0.25, -0.2) is 0 Å². The lowest BCUT2D eigenvalue weighted by atomic mass is 9.86. The van der Waals surface area contributed by atoms with E-state index in [1.807, 2.05) is 0 Å². The predicted octanol–water partition coefficient (Wildman–Crippen LogP) is 4.65. The van der Waals surface area contributed by atoms with E-state index in [2.05, 4.69) is 53.2 Å². The molecular formula is C15H21BrO. The first-order chi connectivity index (χ1) is 8.29. The van der Waals surface area contributed by atoms with Gasteiger partial charge in [0.05, 0.1) is 4.83 Å². The summed E-state index contributed by atoms with van der Waals surface area (Å²) in [5.74, 6) is 0. The van der Waals surface area contributed by atoms with Crippen LogP contribution in [0.2, 0.25) is 0 Å². The summed E-state index contributed by atoms with van der Waals surface area (Å²) in [5.41, 5.74) is 1.24. The SMILES string of the molecule is CCCCC[C@]1(c2ccccc2)OCC[C@H]1Br. The molecule has 1 saturated heterocycles. The van der Waals surface area contributed by atoms with E-state index >= 15 is 0 Å². The van der Waals surface area contributed by atoms with Crippen LogP contribution in [0.5, 0.6) is 0 Å². The van der Waals surface area contributed by atoms with Crippen LogP contribution in [0, 0.1) is 0 Å². The molecule has 1 nitrogen and oxygen atoms in total. The molecule has 2 atom stereocenters. The molecule has 0 saturated carbocycles. The highest BCUT2D eigenvalue weighted by atomic mass is 79.9. The number of hydrogen-bond donors (Lipinski definition) is 0. The molecular weight excluding hydrogens is 276 g/mol. The minimum atomic E-state index is -0.0869. The summed E-state index contributed by atoms with van der Waals surface area (Å²) in [5, 5.41) is 0. The van der Waals surface area contributed by atoms with Gasteiger partial charge in [-0.15, -0.1) is 0 Å². The zero-order valence-electron chi connectivity index (χ0n) is 10.5. The Morgan fingerprint density at radius 2 is 2.06 bits per heavy atom. The summed E-state index contributed by atoms with van der Waals surface area (Å²) in [6, 6.07) is 10.7. The molecule has 0 radical (unpaired) electrons. The van der Waals surface area contributed by atoms with E-state index in [0.717, 1.165) is 19.4 Å². The van der Waals surface area contributed by atoms with Gasteiger partial charge in [-0.2, -0.15) is 0 Å². The molecule has 0 bridgehead atoms. The number of halogens is 1. The third-order valence-corrected chi connectivity index (χ3v) is 4.85. The van der Waals surface area contributed by atoms with Gasteiger partial charge in [-0.3, -0.25) is 0 Å². The maximum Gasteiger partial charge on any atom is 0.106 e. The largest absolute Gasteiger partial charge is 0.369 e. The van der Waals surface area contributed by atoms with Gasteiger partial charge in [0.1, 0.15) is 5.60 Å². The fraction of sp³-hybridized carbons (Fsp3) is 0.600. The van der Waals surface area contributed by atoms with E-state index in [9.17, 15) is 0 Å². The Kier molecular flexibility index (Phi) is 4.63. The van der Waals surface area contributed by atoms with Gasteiger partial charge in [0.2, 0.25) is 0 Å². The molecule has 94 valence electrons. The van der Waals surface area contributed by atoms with E-state index in [1.165, 1.54) is 24.8 Å². The summed E-state index contributed by atoms with van der Waals surface area (Å²) in [4.78, 5) is 0.453. The standard InChI is InChI=1S/C15H21BrO/c1-2-3-7-11-15(14(16)10-12-17-15)13-8-5-4-6-9-13/h4-6,8-9,14H,2-3,7,10-12H2,1H3/t14-,15-/m1/s1. The highest BCUT2D eigenvalue weighted by Gasteiger charge is 2.43. The van der Waals surface area contributed by atoms with Crippen LogP contribution in [0.3, 0.4) is 0 Å². The van der Waals surface area contributed by atoms with Gasteiger partial charge in [0.25, 0.3) is 0 Å². The molecule has 0 N–H and O–H groups in total. The van der Waals surface area contributed by atoms with Gasteiger partial charge in [-0.05, 0) is 18.4 Å². The first-order valence-electron chi connectivity index (χ1n) is 6.63. The summed E-state index contributed by atoms with van der Waals surface area (Å²) < 4.78 is 6.14. The Morgan fingerprint density at radius 1 is 1.29 bits per heavy atom. The maximum atomic E-state index is 6.14. The first kappa shape index (κ1) is 13.1. The Morgan fingerprint density at radius 3 is 2.65 bits per heavy atom. The molecule has 1 heterocycles. The zero-order valence-corrected chi connectivity index (χ0v) is 12.1. The number of rotatable bonds is 5. The molecule has 2 rings (SSSR count). The van der Waals surface area contributed by atoms with Crippen LogP contribution in [0.15, 0.2) is 30.3 Å². The second-order valence-corrected chi connectivity index (χ2v) is 5.92. The molecule has 1 aromatic carbocycles. The molecule has 0 unspecified atom stereocenters.